The van der Waals surface area contributed by atoms with E-state index in [2.05, 4.69) is 135 Å². The number of carbonyl (C=O) groups excluding carboxylic acids is 2. The van der Waals surface area contributed by atoms with Gasteiger partial charge in [-0.25, -0.2) is 0 Å². The van der Waals surface area contributed by atoms with Gasteiger partial charge in [-0.05, 0) is 89.9 Å². The topological polar surface area (TPSA) is 72.8 Å². The molecule has 0 heterocycles. The molecular weight excluding hydrogens is 1080 g/mol. The molecule has 0 aromatic rings. The van der Waals surface area contributed by atoms with Crippen LogP contribution in [-0.4, -0.2) is 36.4 Å². The largest absolute Gasteiger partial charge is 0.462 e. The predicted octanol–water partition coefficient (Wildman–Crippen LogP) is 26.9. The van der Waals surface area contributed by atoms with Crippen LogP contribution >= 0.6 is 0 Å². The smallest absolute Gasteiger partial charge is 0.306 e. The van der Waals surface area contributed by atoms with E-state index in [-0.39, 0.29) is 25.2 Å². The first kappa shape index (κ1) is 84.3. The zero-order valence-electron chi connectivity index (χ0n) is 58.2. The van der Waals surface area contributed by atoms with E-state index in [4.69, 9.17) is 9.47 Å². The first-order valence-electron chi connectivity index (χ1n) is 38.1. The summed E-state index contributed by atoms with van der Waals surface area (Å²) in [5.41, 5.74) is 0. The Balaban J connectivity index is 3.49. The third kappa shape index (κ3) is 74.8. The minimum Gasteiger partial charge on any atom is -0.462 e. The van der Waals surface area contributed by atoms with Crippen LogP contribution in [0.1, 0.15) is 373 Å². The fraction of sp³-hybridized carbons (Fsp3) is 0.735. The van der Waals surface area contributed by atoms with Crippen LogP contribution in [0.3, 0.4) is 0 Å². The SMILES string of the molecule is CC/C=C\C/C=C\C/C=C\C/C=C\C/C=C\C/C=C\C/C=C\C/C=C\C/C=C\C/C=C\CCCCCCCCCCC(=O)OC(CO)COC(=O)CCCCCCCCCCCCCCCCCCCCCCCCCCCCCCCCCCCCC. The highest BCUT2D eigenvalue weighted by Crippen LogP contribution is 2.19. The van der Waals surface area contributed by atoms with Gasteiger partial charge in [-0.1, -0.05) is 392 Å². The van der Waals surface area contributed by atoms with Crippen LogP contribution in [-0.2, 0) is 19.1 Å². The number of aliphatic hydroxyl groups is 1. The zero-order chi connectivity index (χ0) is 63.3. The number of rotatable bonds is 70. The maximum Gasteiger partial charge on any atom is 0.306 e. The Bertz CT molecular complexity index is 1720. The molecule has 0 saturated heterocycles. The maximum absolute atomic E-state index is 12.4. The Morgan fingerprint density at radius 2 is 0.489 bits per heavy atom. The van der Waals surface area contributed by atoms with Crippen molar-refractivity contribution in [3.8, 4) is 0 Å². The number of aliphatic hydroxyl groups excluding tert-OH is 1. The molecule has 0 spiro atoms. The van der Waals surface area contributed by atoms with Crippen LogP contribution in [0.2, 0.25) is 0 Å². The van der Waals surface area contributed by atoms with Gasteiger partial charge in [0.1, 0.15) is 6.61 Å². The monoisotopic (exact) mass is 1220 g/mol. The fourth-order valence-corrected chi connectivity index (χ4v) is 11.1. The van der Waals surface area contributed by atoms with Crippen LogP contribution in [0.15, 0.2) is 122 Å². The van der Waals surface area contributed by atoms with Crippen molar-refractivity contribution in [2.75, 3.05) is 13.2 Å². The van der Waals surface area contributed by atoms with Crippen LogP contribution in [0.25, 0.3) is 0 Å². The van der Waals surface area contributed by atoms with Gasteiger partial charge in [0.25, 0.3) is 0 Å². The van der Waals surface area contributed by atoms with Gasteiger partial charge in [-0.15, -0.1) is 0 Å². The Kier molecular flexibility index (Phi) is 74.3. The Labute approximate surface area is 547 Å². The molecule has 0 aliphatic carbocycles. The third-order valence-electron chi connectivity index (χ3n) is 16.8. The third-order valence-corrected chi connectivity index (χ3v) is 16.8. The minimum absolute atomic E-state index is 0.0712. The lowest BCUT2D eigenvalue weighted by atomic mass is 10.0. The number of allylic oxidation sites excluding steroid dienone is 20. The average Bonchev–Trinajstić information content (AvgIpc) is 3.54. The molecule has 0 amide bonds. The molecule has 5 nitrogen and oxygen atoms in total. The summed E-state index contributed by atoms with van der Waals surface area (Å²) in [7, 11) is 0. The second kappa shape index (κ2) is 77.5. The van der Waals surface area contributed by atoms with Crippen molar-refractivity contribution in [2.24, 2.45) is 0 Å². The van der Waals surface area contributed by atoms with Gasteiger partial charge >= 0.3 is 11.9 Å². The zero-order valence-corrected chi connectivity index (χ0v) is 58.2. The maximum atomic E-state index is 12.4. The van der Waals surface area contributed by atoms with E-state index in [1.165, 1.54) is 238 Å². The second-order valence-corrected chi connectivity index (χ2v) is 25.4. The molecule has 1 atom stereocenters. The molecule has 506 valence electrons. The summed E-state index contributed by atoms with van der Waals surface area (Å²) in [6, 6.07) is 0. The molecule has 0 fully saturated rings. The van der Waals surface area contributed by atoms with E-state index in [0.717, 1.165) is 109 Å². The van der Waals surface area contributed by atoms with E-state index < -0.39 is 6.10 Å². The van der Waals surface area contributed by atoms with Gasteiger partial charge in [-0.3, -0.25) is 9.59 Å². The second-order valence-electron chi connectivity index (χ2n) is 25.4. The first-order chi connectivity index (χ1) is 43.6. The lowest BCUT2D eigenvalue weighted by molar-refractivity contribution is -0.161. The standard InChI is InChI=1S/C83H144O5/c1-3-5-7-9-11-13-15-17-19-21-23-25-27-29-31-33-35-37-39-40-41-42-44-46-48-50-52-54-56-58-60-62-64-66-68-70-72-74-76-78-83(86)88-81(79-84)80-87-82(85)77-75-73-71-69-67-65-63-61-59-57-55-53-51-49-47-45-43-38-36-34-32-30-28-26-24-22-20-18-16-14-12-10-8-6-4-2/h5,7,11,13,17,19,23,25,29,31,35,37,40-41,44,46,50,52,56,58,81,84H,3-4,6,8-10,12,14-16,18,20-22,24,26-28,30,32-34,36,38-39,42-43,45,47-49,51,53-55,57,59-80H2,1-2H3/b7-5-,13-11-,19-17-,25-23-,31-29-,37-35-,41-40-,46-44-,52-50-,58-56-. The van der Waals surface area contributed by atoms with Gasteiger partial charge < -0.3 is 14.6 Å². The molecule has 0 bridgehead atoms. The molecule has 5 heteroatoms. The summed E-state index contributed by atoms with van der Waals surface area (Å²) >= 11 is 0. The van der Waals surface area contributed by atoms with E-state index in [1.54, 1.807) is 0 Å². The molecule has 0 rings (SSSR count). The van der Waals surface area contributed by atoms with Crippen LogP contribution < -0.4 is 0 Å². The highest BCUT2D eigenvalue weighted by atomic mass is 16.6. The Morgan fingerprint density at radius 1 is 0.273 bits per heavy atom. The predicted molar refractivity (Wildman–Crippen MR) is 389 cm³/mol. The summed E-state index contributed by atoms with van der Waals surface area (Å²) in [5.74, 6) is -0.590. The van der Waals surface area contributed by atoms with E-state index >= 15 is 0 Å². The molecule has 1 unspecified atom stereocenters. The quantitative estimate of drug-likeness (QED) is 0.0373. The van der Waals surface area contributed by atoms with Crippen LogP contribution in [0, 0.1) is 0 Å². The fourth-order valence-electron chi connectivity index (χ4n) is 11.1. The molecule has 88 heavy (non-hydrogen) atoms. The number of hydrogen-bond donors (Lipinski definition) is 1. The van der Waals surface area contributed by atoms with E-state index in [9.17, 15) is 14.7 Å². The number of esters is 2. The number of carbonyl (C=O) groups is 2. The lowest BCUT2D eigenvalue weighted by Gasteiger charge is -2.15. The van der Waals surface area contributed by atoms with Gasteiger partial charge in [0.05, 0.1) is 6.61 Å². The summed E-state index contributed by atoms with van der Waals surface area (Å²) in [6.07, 6.45) is 114. The summed E-state index contributed by atoms with van der Waals surface area (Å²) in [6.45, 7) is 4.06. The van der Waals surface area contributed by atoms with Gasteiger partial charge in [0, 0.05) is 12.8 Å². The van der Waals surface area contributed by atoms with E-state index in [1.807, 2.05) is 0 Å². The number of ether oxygens (including phenoxy) is 2. The average molecular weight is 1220 g/mol. The molecule has 0 radical (unpaired) electrons. The Hall–Kier alpha value is -3.70. The Morgan fingerprint density at radius 3 is 0.739 bits per heavy atom. The molecule has 0 aromatic carbocycles. The van der Waals surface area contributed by atoms with E-state index in [0.29, 0.717) is 12.8 Å². The van der Waals surface area contributed by atoms with Crippen LogP contribution in [0.4, 0.5) is 0 Å². The molecule has 1 N–H and O–H groups in total. The van der Waals surface area contributed by atoms with Gasteiger partial charge in [0.15, 0.2) is 6.10 Å². The van der Waals surface area contributed by atoms with Crippen molar-refractivity contribution in [1.82, 2.24) is 0 Å². The summed E-state index contributed by atoms with van der Waals surface area (Å²) in [5, 5.41) is 9.72. The normalized spacial score (nSPS) is 12.9. The van der Waals surface area contributed by atoms with Crippen molar-refractivity contribution < 1.29 is 24.2 Å². The summed E-state index contributed by atoms with van der Waals surface area (Å²) in [4.78, 5) is 24.7. The lowest BCUT2D eigenvalue weighted by Crippen LogP contribution is -2.28. The van der Waals surface area contributed by atoms with Crippen molar-refractivity contribution in [3.05, 3.63) is 122 Å². The van der Waals surface area contributed by atoms with Crippen molar-refractivity contribution in [1.29, 1.82) is 0 Å². The number of unbranched alkanes of at least 4 members (excludes halogenated alkanes) is 42. The number of hydrogen-bond acceptors (Lipinski definition) is 5. The van der Waals surface area contributed by atoms with Gasteiger partial charge in [-0.2, -0.15) is 0 Å². The molecule has 0 aromatic heterocycles. The first-order valence-corrected chi connectivity index (χ1v) is 38.1. The summed E-state index contributed by atoms with van der Waals surface area (Å²) < 4.78 is 10.8. The molecule has 0 saturated carbocycles. The highest BCUT2D eigenvalue weighted by Gasteiger charge is 2.16. The highest BCUT2D eigenvalue weighted by molar-refractivity contribution is 5.70. The van der Waals surface area contributed by atoms with Crippen molar-refractivity contribution >= 4 is 11.9 Å². The molecule has 0 aliphatic heterocycles. The minimum atomic E-state index is -0.784. The van der Waals surface area contributed by atoms with Gasteiger partial charge in [0.2, 0.25) is 0 Å². The van der Waals surface area contributed by atoms with Crippen molar-refractivity contribution in [3.63, 3.8) is 0 Å². The van der Waals surface area contributed by atoms with Crippen molar-refractivity contribution in [2.45, 2.75) is 380 Å². The molecular formula is C83H144O5. The van der Waals surface area contributed by atoms with Crippen LogP contribution in [0.5, 0.6) is 0 Å². The molecule has 0 aliphatic rings.